The lowest BCUT2D eigenvalue weighted by atomic mass is 9.85. The second-order valence-corrected chi connectivity index (χ2v) is 8.78. The van der Waals surface area contributed by atoms with Gasteiger partial charge in [-0.2, -0.15) is 0 Å². The Morgan fingerprint density at radius 2 is 1.85 bits per heavy atom. The lowest BCUT2D eigenvalue weighted by Gasteiger charge is -2.44. The minimum Gasteiger partial charge on any atom is -0.494 e. The maximum absolute atomic E-state index is 10.8. The van der Waals surface area contributed by atoms with Crippen molar-refractivity contribution in [1.29, 1.82) is 0 Å². The quantitative estimate of drug-likeness (QED) is 0.542. The van der Waals surface area contributed by atoms with Gasteiger partial charge in [0.05, 0.1) is 13.2 Å². The van der Waals surface area contributed by atoms with E-state index in [1.807, 2.05) is 44.2 Å². The van der Waals surface area contributed by atoms with Crippen LogP contribution in [0.2, 0.25) is 5.02 Å². The van der Waals surface area contributed by atoms with Crippen molar-refractivity contribution in [3.05, 3.63) is 64.2 Å². The lowest BCUT2D eigenvalue weighted by molar-refractivity contribution is -0.262. The summed E-state index contributed by atoms with van der Waals surface area (Å²) < 4.78 is 17.6. The molecule has 2 aromatic carbocycles. The number of fused-ring (bicyclic) bond motifs is 1. The molecule has 0 aliphatic carbocycles. The fourth-order valence-electron chi connectivity index (χ4n) is 4.39. The van der Waals surface area contributed by atoms with Crippen LogP contribution in [0.25, 0.3) is 0 Å². The first kappa shape index (κ1) is 24.0. The van der Waals surface area contributed by atoms with Gasteiger partial charge in [0, 0.05) is 17.0 Å². The molecular formula is C25H30ClNO6. The molecule has 1 fully saturated rings. The molecule has 0 radical (unpaired) electrons. The van der Waals surface area contributed by atoms with E-state index in [0.717, 1.165) is 23.3 Å². The van der Waals surface area contributed by atoms with Gasteiger partial charge >= 0.3 is 0 Å². The Balaban J connectivity index is 1.71. The van der Waals surface area contributed by atoms with E-state index in [0.29, 0.717) is 35.9 Å². The molecule has 2 aliphatic heterocycles. The molecule has 0 spiro atoms. The van der Waals surface area contributed by atoms with Crippen molar-refractivity contribution in [3.8, 4) is 5.75 Å². The van der Waals surface area contributed by atoms with Crippen LogP contribution in [0.1, 0.15) is 43.4 Å². The first-order valence-electron chi connectivity index (χ1n) is 11.3. The zero-order valence-corrected chi connectivity index (χ0v) is 19.5. The molecule has 2 aliphatic rings. The molecule has 8 heteroatoms. The van der Waals surface area contributed by atoms with Crippen molar-refractivity contribution in [2.45, 2.75) is 63.3 Å². The van der Waals surface area contributed by atoms with Crippen LogP contribution >= 0.6 is 11.6 Å². The van der Waals surface area contributed by atoms with Gasteiger partial charge in [0.15, 0.2) is 12.0 Å². The Bertz CT molecular complexity index is 997. The molecular weight excluding hydrogens is 446 g/mol. The van der Waals surface area contributed by atoms with E-state index in [-0.39, 0.29) is 0 Å². The highest BCUT2D eigenvalue weighted by atomic mass is 35.5. The maximum Gasteiger partial charge on any atom is 0.228 e. The van der Waals surface area contributed by atoms with Gasteiger partial charge in [-0.15, -0.1) is 0 Å². The van der Waals surface area contributed by atoms with Gasteiger partial charge in [0.1, 0.15) is 24.1 Å². The summed E-state index contributed by atoms with van der Waals surface area (Å²) in [5, 5.41) is 31.6. The van der Waals surface area contributed by atoms with Gasteiger partial charge in [-0.25, -0.2) is 4.99 Å². The summed E-state index contributed by atoms with van der Waals surface area (Å²) in [4.78, 5) is 4.72. The van der Waals surface area contributed by atoms with E-state index in [4.69, 9.17) is 30.8 Å². The average molecular weight is 476 g/mol. The van der Waals surface area contributed by atoms with Crippen LogP contribution < -0.4 is 4.74 Å². The summed E-state index contributed by atoms with van der Waals surface area (Å²) in [6, 6.07) is 13.3. The van der Waals surface area contributed by atoms with Crippen LogP contribution in [0.4, 0.5) is 0 Å². The highest BCUT2D eigenvalue weighted by Gasteiger charge is 2.60. The van der Waals surface area contributed by atoms with Gasteiger partial charge in [-0.05, 0) is 55.2 Å². The van der Waals surface area contributed by atoms with Crippen LogP contribution in [-0.4, -0.2) is 58.8 Å². The summed E-state index contributed by atoms with van der Waals surface area (Å²) in [6.07, 6.45) is -2.57. The van der Waals surface area contributed by atoms with E-state index in [1.54, 1.807) is 12.1 Å². The predicted octanol–water partition coefficient (Wildman–Crippen LogP) is 3.19. The smallest absolute Gasteiger partial charge is 0.228 e. The largest absolute Gasteiger partial charge is 0.494 e. The molecule has 0 aromatic heterocycles. The van der Waals surface area contributed by atoms with Crippen molar-refractivity contribution < 1.29 is 29.5 Å². The Morgan fingerprint density at radius 1 is 1.09 bits per heavy atom. The molecule has 4 rings (SSSR count). The molecule has 5 atom stereocenters. The number of halogens is 1. The van der Waals surface area contributed by atoms with Gasteiger partial charge in [0.2, 0.25) is 5.72 Å². The van der Waals surface area contributed by atoms with Crippen molar-refractivity contribution in [3.63, 3.8) is 0 Å². The topological polar surface area (TPSA) is 101 Å². The summed E-state index contributed by atoms with van der Waals surface area (Å²) >= 11 is 6.53. The van der Waals surface area contributed by atoms with Gasteiger partial charge in [-0.3, -0.25) is 0 Å². The maximum atomic E-state index is 10.8. The van der Waals surface area contributed by atoms with Crippen LogP contribution in [0, 0.1) is 0 Å². The molecule has 2 aromatic rings. The standard InChI is InChI=1S/C25H30ClNO6/c1-3-5-21-27-25(24(32-21)23(30)22(29)20(14-28)33-25)17-8-11-19(26)16(13-17)12-15-6-9-18(10-7-15)31-4-2/h6-11,13,20,22-24,28-30H,3-5,12,14H2,1-2H3/t20-,22-,23+,24?,25?/m1/s1. The van der Waals surface area contributed by atoms with Gasteiger partial charge in [-0.1, -0.05) is 36.7 Å². The van der Waals surface area contributed by atoms with Crippen molar-refractivity contribution >= 4 is 17.5 Å². The Hall–Kier alpha value is -2.16. The molecule has 178 valence electrons. The average Bonchev–Trinajstić information content (AvgIpc) is 3.19. The molecule has 33 heavy (non-hydrogen) atoms. The molecule has 0 bridgehead atoms. The number of benzene rings is 2. The first-order chi connectivity index (χ1) is 15.9. The number of hydrogen-bond acceptors (Lipinski definition) is 7. The van der Waals surface area contributed by atoms with Gasteiger partial charge in [0.25, 0.3) is 0 Å². The highest BCUT2D eigenvalue weighted by molar-refractivity contribution is 6.31. The van der Waals surface area contributed by atoms with Crippen molar-refractivity contribution in [2.75, 3.05) is 13.2 Å². The number of aliphatic hydroxyl groups excluding tert-OH is 3. The Labute approximate surface area is 198 Å². The number of hydrogen-bond donors (Lipinski definition) is 3. The minimum absolute atomic E-state index is 0.454. The Kier molecular flexibility index (Phi) is 7.26. The summed E-state index contributed by atoms with van der Waals surface area (Å²) in [7, 11) is 0. The molecule has 2 heterocycles. The highest BCUT2D eigenvalue weighted by Crippen LogP contribution is 2.46. The predicted molar refractivity (Wildman–Crippen MR) is 125 cm³/mol. The second kappa shape index (κ2) is 9.99. The van der Waals surface area contributed by atoms with E-state index in [9.17, 15) is 15.3 Å². The zero-order valence-electron chi connectivity index (χ0n) is 18.8. The third-order valence-electron chi connectivity index (χ3n) is 6.04. The monoisotopic (exact) mass is 475 g/mol. The third-order valence-corrected chi connectivity index (χ3v) is 6.41. The second-order valence-electron chi connectivity index (χ2n) is 8.37. The van der Waals surface area contributed by atoms with E-state index in [2.05, 4.69) is 0 Å². The van der Waals surface area contributed by atoms with Crippen LogP contribution in [0.15, 0.2) is 47.5 Å². The minimum atomic E-state index is -1.38. The van der Waals surface area contributed by atoms with Crippen molar-refractivity contribution in [2.24, 2.45) is 4.99 Å². The number of rotatable bonds is 8. The molecule has 7 nitrogen and oxygen atoms in total. The Morgan fingerprint density at radius 3 is 2.52 bits per heavy atom. The number of ether oxygens (including phenoxy) is 3. The normalized spacial score (nSPS) is 28.7. The summed E-state index contributed by atoms with van der Waals surface area (Å²) in [5.74, 6) is 1.26. The third kappa shape index (κ3) is 4.61. The van der Waals surface area contributed by atoms with Crippen LogP contribution in [0.3, 0.4) is 0 Å². The van der Waals surface area contributed by atoms with E-state index >= 15 is 0 Å². The zero-order chi connectivity index (χ0) is 23.6. The van der Waals surface area contributed by atoms with Crippen molar-refractivity contribution in [1.82, 2.24) is 0 Å². The molecule has 1 saturated heterocycles. The molecule has 3 N–H and O–H groups in total. The van der Waals surface area contributed by atoms with Crippen LogP contribution in [-0.2, 0) is 21.6 Å². The van der Waals surface area contributed by atoms with Gasteiger partial charge < -0.3 is 29.5 Å². The lowest BCUT2D eigenvalue weighted by Crippen LogP contribution is -2.61. The van der Waals surface area contributed by atoms with E-state index < -0.39 is 36.7 Å². The SMILES string of the molecule is CCCC1=NC2(c3ccc(Cl)c(Cc4ccc(OCC)cc4)c3)O[C@H](CO)[C@@H](O)[C@H](O)C2O1. The molecule has 2 unspecified atom stereocenters. The number of aliphatic imine (C=N–C) groups is 1. The fourth-order valence-corrected chi connectivity index (χ4v) is 4.57. The summed E-state index contributed by atoms with van der Waals surface area (Å²) in [5.41, 5.74) is 1.18. The molecule has 0 amide bonds. The first-order valence-corrected chi connectivity index (χ1v) is 11.7. The summed E-state index contributed by atoms with van der Waals surface area (Å²) in [6.45, 7) is 4.09. The van der Waals surface area contributed by atoms with Crippen LogP contribution in [0.5, 0.6) is 5.75 Å². The van der Waals surface area contributed by atoms with E-state index in [1.165, 1.54) is 0 Å². The fraction of sp³-hybridized carbons (Fsp3) is 0.480. The molecule has 0 saturated carbocycles. The number of aliphatic hydroxyl groups is 3. The number of nitrogens with zero attached hydrogens (tertiary/aromatic N) is 1.